The molecule has 136 valence electrons. The first-order chi connectivity index (χ1) is 11.1. The molecule has 1 aliphatic heterocycles. The smallest absolute Gasteiger partial charge is 0.229 e. The van der Waals surface area contributed by atoms with Crippen LogP contribution in [0.2, 0.25) is 0 Å². The molecule has 0 N–H and O–H groups in total. The molecule has 0 radical (unpaired) electrons. The summed E-state index contributed by atoms with van der Waals surface area (Å²) in [5, 5.41) is 0. The third-order valence-corrected chi connectivity index (χ3v) is 8.55. The Kier molecular flexibility index (Phi) is 5.77. The van der Waals surface area contributed by atoms with Crippen LogP contribution in [-0.2, 0) is 19.9 Å². The number of benzene rings is 1. The molecule has 1 aromatic carbocycles. The van der Waals surface area contributed by atoms with Gasteiger partial charge in [0.15, 0.2) is 9.84 Å². The van der Waals surface area contributed by atoms with Gasteiger partial charge in [0.05, 0.1) is 16.4 Å². The maximum absolute atomic E-state index is 13.1. The second kappa shape index (κ2) is 7.14. The molecule has 1 fully saturated rings. The van der Waals surface area contributed by atoms with Crippen molar-refractivity contribution in [3.63, 3.8) is 0 Å². The molecule has 1 saturated heterocycles. The molecule has 5 nitrogen and oxygen atoms in total. The van der Waals surface area contributed by atoms with Crippen LogP contribution in [0, 0.1) is 0 Å². The fourth-order valence-electron chi connectivity index (χ4n) is 3.10. The Morgan fingerprint density at radius 3 is 2.17 bits per heavy atom. The van der Waals surface area contributed by atoms with Crippen molar-refractivity contribution in [3.05, 3.63) is 29.8 Å². The van der Waals surface area contributed by atoms with Crippen molar-refractivity contribution in [2.75, 3.05) is 11.5 Å². The summed E-state index contributed by atoms with van der Waals surface area (Å²) in [6.45, 7) is 7.86. The van der Waals surface area contributed by atoms with Gasteiger partial charge >= 0.3 is 0 Å². The Morgan fingerprint density at radius 2 is 1.75 bits per heavy atom. The lowest BCUT2D eigenvalue weighted by Gasteiger charge is -2.32. The minimum Gasteiger partial charge on any atom is -0.229 e. The van der Waals surface area contributed by atoms with Crippen LogP contribution in [0.4, 0.5) is 0 Å². The Labute approximate surface area is 146 Å². The van der Waals surface area contributed by atoms with Crippen molar-refractivity contribution in [1.29, 1.82) is 0 Å². The number of rotatable bonds is 6. The van der Waals surface area contributed by atoms with Crippen LogP contribution in [0.1, 0.15) is 52.0 Å². The van der Waals surface area contributed by atoms with Crippen molar-refractivity contribution in [2.24, 2.45) is 0 Å². The van der Waals surface area contributed by atoms with E-state index in [9.17, 15) is 16.8 Å². The summed E-state index contributed by atoms with van der Waals surface area (Å²) in [5.74, 6) is 0.306. The highest BCUT2D eigenvalue weighted by Crippen LogP contribution is 2.29. The normalized spacial score (nSPS) is 22.2. The molecule has 24 heavy (non-hydrogen) atoms. The van der Waals surface area contributed by atoms with Gasteiger partial charge in [0.1, 0.15) is 0 Å². The van der Waals surface area contributed by atoms with E-state index in [0.29, 0.717) is 18.8 Å². The predicted molar refractivity (Wildman–Crippen MR) is 96.4 cm³/mol. The number of nitrogens with zero attached hydrogens (tertiary/aromatic N) is 1. The molecule has 0 spiro atoms. The van der Waals surface area contributed by atoms with Crippen LogP contribution in [0.5, 0.6) is 0 Å². The highest BCUT2D eigenvalue weighted by atomic mass is 32.2. The van der Waals surface area contributed by atoms with Gasteiger partial charge in [-0.2, -0.15) is 4.31 Å². The van der Waals surface area contributed by atoms with Crippen LogP contribution in [0.3, 0.4) is 0 Å². The van der Waals surface area contributed by atoms with E-state index >= 15 is 0 Å². The van der Waals surface area contributed by atoms with Crippen LogP contribution < -0.4 is 0 Å². The summed E-state index contributed by atoms with van der Waals surface area (Å²) in [6, 6.07) is 6.21. The molecule has 2 atom stereocenters. The molecule has 0 aliphatic carbocycles. The Bertz CT molecular complexity index is 767. The quantitative estimate of drug-likeness (QED) is 0.769. The minimum atomic E-state index is -3.72. The highest BCUT2D eigenvalue weighted by molar-refractivity contribution is 7.92. The zero-order valence-electron chi connectivity index (χ0n) is 14.8. The number of hydrogen-bond donors (Lipinski definition) is 0. The molecular weight excluding hydrogens is 346 g/mol. The van der Waals surface area contributed by atoms with E-state index in [2.05, 4.69) is 13.8 Å². The average Bonchev–Trinajstić information content (AvgIpc) is 2.86. The van der Waals surface area contributed by atoms with Crippen LogP contribution >= 0.6 is 0 Å². The monoisotopic (exact) mass is 373 g/mol. The van der Waals surface area contributed by atoms with Crippen molar-refractivity contribution >= 4 is 19.9 Å². The number of hydrogen-bond acceptors (Lipinski definition) is 4. The van der Waals surface area contributed by atoms with Crippen LogP contribution in [0.25, 0.3) is 0 Å². The molecule has 0 aromatic heterocycles. The van der Waals surface area contributed by atoms with Gasteiger partial charge in [-0.3, -0.25) is 0 Å². The first-order valence-corrected chi connectivity index (χ1v) is 11.7. The zero-order valence-corrected chi connectivity index (χ0v) is 16.4. The van der Waals surface area contributed by atoms with Gasteiger partial charge in [-0.1, -0.05) is 32.9 Å². The topological polar surface area (TPSA) is 71.5 Å². The van der Waals surface area contributed by atoms with Gasteiger partial charge in [-0.05, 0) is 43.4 Å². The van der Waals surface area contributed by atoms with Crippen molar-refractivity contribution < 1.29 is 16.8 Å². The lowest BCUT2D eigenvalue weighted by Crippen LogP contribution is -2.46. The van der Waals surface area contributed by atoms with Gasteiger partial charge < -0.3 is 0 Å². The molecule has 0 bridgehead atoms. The Hall–Kier alpha value is -0.920. The maximum Gasteiger partial charge on any atom is 0.243 e. The maximum atomic E-state index is 13.1. The molecule has 1 aliphatic rings. The summed E-state index contributed by atoms with van der Waals surface area (Å²) in [6.07, 6.45) is 1.01. The van der Waals surface area contributed by atoms with Gasteiger partial charge in [0, 0.05) is 12.1 Å². The van der Waals surface area contributed by atoms with E-state index in [1.54, 1.807) is 12.1 Å². The van der Waals surface area contributed by atoms with Crippen LogP contribution in [0.15, 0.2) is 29.2 Å². The van der Waals surface area contributed by atoms with E-state index in [1.165, 1.54) is 4.31 Å². The molecule has 0 amide bonds. The van der Waals surface area contributed by atoms with Gasteiger partial charge in [0.25, 0.3) is 0 Å². The van der Waals surface area contributed by atoms with Gasteiger partial charge in [-0.15, -0.1) is 0 Å². The zero-order chi connectivity index (χ0) is 18.1. The summed E-state index contributed by atoms with van der Waals surface area (Å²) in [4.78, 5) is 0.233. The fourth-order valence-corrected chi connectivity index (χ4v) is 6.82. The number of sulfonamides is 1. The molecule has 2 rings (SSSR count). The summed E-state index contributed by atoms with van der Waals surface area (Å²) in [5.41, 5.74) is 1.08. The summed E-state index contributed by atoms with van der Waals surface area (Å²) >= 11 is 0. The third kappa shape index (κ3) is 4.00. The molecule has 0 saturated carbocycles. The standard InChI is InChI=1S/C17H27NO4S2/c1-5-14(4)18(16-10-11-23(19,20)12-16)24(21,22)17-8-6-15(7-9-17)13(2)3/h6-9,13-14,16H,5,10-12H2,1-4H3/t14-,16-/m1/s1. The van der Waals surface area contributed by atoms with Gasteiger partial charge in [0.2, 0.25) is 10.0 Å². The van der Waals surface area contributed by atoms with E-state index in [-0.39, 0.29) is 22.4 Å². The SMILES string of the molecule is CC[C@@H](C)N([C@@H]1CCS(=O)(=O)C1)S(=O)(=O)c1ccc(C(C)C)cc1. The molecular formula is C17H27NO4S2. The van der Waals surface area contributed by atoms with Crippen molar-refractivity contribution in [2.45, 2.75) is 63.4 Å². The molecule has 1 heterocycles. The van der Waals surface area contributed by atoms with Crippen molar-refractivity contribution in [3.8, 4) is 0 Å². The first kappa shape index (κ1) is 19.4. The van der Waals surface area contributed by atoms with Crippen LogP contribution in [-0.4, -0.2) is 44.7 Å². The second-order valence-corrected chi connectivity index (χ2v) is 10.9. The third-order valence-electron chi connectivity index (χ3n) is 4.72. The Balaban J connectivity index is 2.40. The molecule has 0 unspecified atom stereocenters. The number of sulfone groups is 1. The van der Waals surface area contributed by atoms with E-state index in [0.717, 1.165) is 5.56 Å². The molecule has 1 aromatic rings. The summed E-state index contributed by atoms with van der Waals surface area (Å²) in [7, 11) is -6.87. The Morgan fingerprint density at radius 1 is 1.17 bits per heavy atom. The lowest BCUT2D eigenvalue weighted by molar-refractivity contribution is 0.271. The van der Waals surface area contributed by atoms with E-state index in [1.807, 2.05) is 26.0 Å². The molecule has 7 heteroatoms. The highest BCUT2D eigenvalue weighted by Gasteiger charge is 2.40. The first-order valence-electron chi connectivity index (χ1n) is 8.42. The second-order valence-electron chi connectivity index (χ2n) is 6.87. The average molecular weight is 374 g/mol. The largest absolute Gasteiger partial charge is 0.243 e. The summed E-state index contributed by atoms with van der Waals surface area (Å²) < 4.78 is 51.3. The van der Waals surface area contributed by atoms with E-state index in [4.69, 9.17) is 0 Å². The minimum absolute atomic E-state index is 0.0619. The predicted octanol–water partition coefficient (Wildman–Crippen LogP) is 2.79. The van der Waals surface area contributed by atoms with E-state index < -0.39 is 25.9 Å². The fraction of sp³-hybridized carbons (Fsp3) is 0.647. The lowest BCUT2D eigenvalue weighted by atomic mass is 10.0. The van der Waals surface area contributed by atoms with Gasteiger partial charge in [-0.25, -0.2) is 16.8 Å². The van der Waals surface area contributed by atoms with Crippen molar-refractivity contribution in [1.82, 2.24) is 4.31 Å².